The molecule has 0 N–H and O–H groups in total. The molecule has 0 saturated heterocycles. The van der Waals surface area contributed by atoms with E-state index in [0.29, 0.717) is 6.04 Å². The van der Waals surface area contributed by atoms with Gasteiger partial charge in [-0.3, -0.25) is 0 Å². The van der Waals surface area contributed by atoms with Crippen molar-refractivity contribution in [2.24, 2.45) is 0 Å². The number of hydrogen-bond acceptors (Lipinski definition) is 2. The van der Waals surface area contributed by atoms with Crippen LogP contribution in [0.1, 0.15) is 26.3 Å². The Morgan fingerprint density at radius 3 is 2.69 bits per heavy atom. The molecule has 0 aliphatic carbocycles. The standard InChI is InChI=1S/C11H18N2/c1-5-10-6-7-12-11(8-10)13(4)9(2)3/h6-9H,5H2,1-4H3. The topological polar surface area (TPSA) is 16.1 Å². The third-order valence-electron chi connectivity index (χ3n) is 2.35. The van der Waals surface area contributed by atoms with Crippen LogP contribution in [0.2, 0.25) is 0 Å². The summed E-state index contributed by atoms with van der Waals surface area (Å²) >= 11 is 0. The molecule has 0 aromatic carbocycles. The van der Waals surface area contributed by atoms with Crippen molar-refractivity contribution >= 4 is 5.82 Å². The third kappa shape index (κ3) is 2.44. The highest BCUT2D eigenvalue weighted by atomic mass is 15.2. The zero-order valence-electron chi connectivity index (χ0n) is 8.91. The van der Waals surface area contributed by atoms with Crippen LogP contribution in [0.4, 0.5) is 5.82 Å². The lowest BCUT2D eigenvalue weighted by atomic mass is 10.2. The Hall–Kier alpha value is -1.05. The van der Waals surface area contributed by atoms with Crippen LogP contribution in [0.15, 0.2) is 18.3 Å². The maximum absolute atomic E-state index is 4.33. The second-order valence-corrected chi connectivity index (χ2v) is 3.58. The number of aryl methyl sites for hydroxylation is 1. The molecule has 1 heterocycles. The highest BCUT2D eigenvalue weighted by Gasteiger charge is 2.05. The fourth-order valence-electron chi connectivity index (χ4n) is 1.14. The van der Waals surface area contributed by atoms with Gasteiger partial charge in [-0.25, -0.2) is 4.98 Å². The monoisotopic (exact) mass is 178 g/mol. The van der Waals surface area contributed by atoms with Gasteiger partial charge in [0.15, 0.2) is 0 Å². The summed E-state index contributed by atoms with van der Waals surface area (Å²) in [7, 11) is 2.08. The van der Waals surface area contributed by atoms with E-state index in [1.807, 2.05) is 6.20 Å². The quantitative estimate of drug-likeness (QED) is 0.707. The van der Waals surface area contributed by atoms with Crippen LogP contribution in [0.3, 0.4) is 0 Å². The van der Waals surface area contributed by atoms with Gasteiger partial charge in [-0.1, -0.05) is 6.92 Å². The molecule has 1 aromatic heterocycles. The molecule has 2 nitrogen and oxygen atoms in total. The van der Waals surface area contributed by atoms with Gasteiger partial charge in [0.2, 0.25) is 0 Å². The number of aromatic nitrogens is 1. The van der Waals surface area contributed by atoms with Crippen LogP contribution in [-0.4, -0.2) is 18.1 Å². The second kappa shape index (κ2) is 4.26. The molecular weight excluding hydrogens is 160 g/mol. The van der Waals surface area contributed by atoms with Gasteiger partial charge in [0.1, 0.15) is 5.82 Å². The third-order valence-corrected chi connectivity index (χ3v) is 2.35. The Labute approximate surface area is 80.6 Å². The second-order valence-electron chi connectivity index (χ2n) is 3.58. The molecule has 0 spiro atoms. The van der Waals surface area contributed by atoms with Crippen LogP contribution in [0.5, 0.6) is 0 Å². The Morgan fingerprint density at radius 2 is 2.15 bits per heavy atom. The molecule has 2 heteroatoms. The molecule has 0 unspecified atom stereocenters. The molecule has 13 heavy (non-hydrogen) atoms. The van der Waals surface area contributed by atoms with Crippen LogP contribution >= 0.6 is 0 Å². The maximum atomic E-state index is 4.33. The first-order valence-corrected chi connectivity index (χ1v) is 4.83. The molecule has 0 radical (unpaired) electrons. The van der Waals surface area contributed by atoms with Crippen molar-refractivity contribution in [3.8, 4) is 0 Å². The SMILES string of the molecule is CCc1ccnc(N(C)C(C)C)c1. The zero-order valence-corrected chi connectivity index (χ0v) is 8.91. The van der Waals surface area contributed by atoms with Crippen molar-refractivity contribution < 1.29 is 0 Å². The summed E-state index contributed by atoms with van der Waals surface area (Å²) in [6.07, 6.45) is 2.95. The van der Waals surface area contributed by atoms with E-state index in [0.717, 1.165) is 12.2 Å². The van der Waals surface area contributed by atoms with Crippen molar-refractivity contribution in [2.75, 3.05) is 11.9 Å². The molecule has 0 saturated carbocycles. The van der Waals surface area contributed by atoms with E-state index in [2.05, 4.69) is 49.8 Å². The molecule has 0 fully saturated rings. The van der Waals surface area contributed by atoms with E-state index in [-0.39, 0.29) is 0 Å². The lowest BCUT2D eigenvalue weighted by molar-refractivity contribution is 0.742. The van der Waals surface area contributed by atoms with E-state index < -0.39 is 0 Å². The van der Waals surface area contributed by atoms with Crippen molar-refractivity contribution in [3.05, 3.63) is 23.9 Å². The van der Waals surface area contributed by atoms with Gasteiger partial charge in [0.05, 0.1) is 0 Å². The Balaban J connectivity index is 2.88. The maximum Gasteiger partial charge on any atom is 0.128 e. The predicted octanol–water partition coefficient (Wildman–Crippen LogP) is 2.49. The molecule has 1 rings (SSSR count). The van der Waals surface area contributed by atoms with E-state index in [9.17, 15) is 0 Å². The van der Waals surface area contributed by atoms with E-state index in [4.69, 9.17) is 0 Å². The van der Waals surface area contributed by atoms with Crippen molar-refractivity contribution in [1.82, 2.24) is 4.98 Å². The minimum atomic E-state index is 0.500. The lowest BCUT2D eigenvalue weighted by Gasteiger charge is -2.22. The summed E-state index contributed by atoms with van der Waals surface area (Å²) in [5.74, 6) is 1.06. The smallest absolute Gasteiger partial charge is 0.128 e. The summed E-state index contributed by atoms with van der Waals surface area (Å²) in [6, 6.07) is 4.72. The lowest BCUT2D eigenvalue weighted by Crippen LogP contribution is -2.26. The van der Waals surface area contributed by atoms with Gasteiger partial charge in [0.25, 0.3) is 0 Å². The average molecular weight is 178 g/mol. The number of nitrogens with zero attached hydrogens (tertiary/aromatic N) is 2. The molecular formula is C11H18N2. The molecule has 1 aromatic rings. The Bertz CT molecular complexity index is 269. The molecule has 0 aliphatic heterocycles. The first kappa shape index (κ1) is 10.0. The summed E-state index contributed by atoms with van der Waals surface area (Å²) in [5, 5.41) is 0. The first-order chi connectivity index (χ1) is 6.15. The first-order valence-electron chi connectivity index (χ1n) is 4.83. The normalized spacial score (nSPS) is 10.5. The Morgan fingerprint density at radius 1 is 1.46 bits per heavy atom. The minimum absolute atomic E-state index is 0.500. The molecule has 0 bridgehead atoms. The summed E-state index contributed by atoms with van der Waals surface area (Å²) in [6.45, 7) is 6.50. The van der Waals surface area contributed by atoms with Gasteiger partial charge < -0.3 is 4.90 Å². The van der Waals surface area contributed by atoms with Crippen LogP contribution in [-0.2, 0) is 6.42 Å². The van der Waals surface area contributed by atoms with E-state index in [1.54, 1.807) is 0 Å². The highest BCUT2D eigenvalue weighted by Crippen LogP contribution is 2.13. The summed E-state index contributed by atoms with van der Waals surface area (Å²) in [5.41, 5.74) is 1.34. The highest BCUT2D eigenvalue weighted by molar-refractivity contribution is 5.40. The van der Waals surface area contributed by atoms with Gasteiger partial charge in [-0.05, 0) is 38.0 Å². The summed E-state index contributed by atoms with van der Waals surface area (Å²) < 4.78 is 0. The van der Waals surface area contributed by atoms with Gasteiger partial charge in [-0.2, -0.15) is 0 Å². The van der Waals surface area contributed by atoms with Crippen LogP contribution in [0.25, 0.3) is 0 Å². The van der Waals surface area contributed by atoms with Gasteiger partial charge >= 0.3 is 0 Å². The van der Waals surface area contributed by atoms with Gasteiger partial charge in [-0.15, -0.1) is 0 Å². The Kier molecular flexibility index (Phi) is 3.29. The van der Waals surface area contributed by atoms with Crippen molar-refractivity contribution in [1.29, 1.82) is 0 Å². The molecule has 0 atom stereocenters. The van der Waals surface area contributed by atoms with Crippen LogP contribution < -0.4 is 4.90 Å². The van der Waals surface area contributed by atoms with Crippen molar-refractivity contribution in [3.63, 3.8) is 0 Å². The molecule has 72 valence electrons. The minimum Gasteiger partial charge on any atom is -0.357 e. The molecule has 0 amide bonds. The predicted molar refractivity (Wildman–Crippen MR) is 57.2 cm³/mol. The van der Waals surface area contributed by atoms with Crippen molar-refractivity contribution in [2.45, 2.75) is 33.2 Å². The van der Waals surface area contributed by atoms with Gasteiger partial charge in [0, 0.05) is 19.3 Å². The average Bonchev–Trinajstić information content (AvgIpc) is 2.16. The number of pyridine rings is 1. The largest absolute Gasteiger partial charge is 0.357 e. The summed E-state index contributed by atoms with van der Waals surface area (Å²) in [4.78, 5) is 6.51. The molecule has 0 aliphatic rings. The van der Waals surface area contributed by atoms with E-state index in [1.165, 1.54) is 5.56 Å². The zero-order chi connectivity index (χ0) is 9.84. The number of hydrogen-bond donors (Lipinski definition) is 0. The number of rotatable bonds is 3. The van der Waals surface area contributed by atoms with Crippen LogP contribution in [0, 0.1) is 0 Å². The fraction of sp³-hybridized carbons (Fsp3) is 0.545. The number of anilines is 1. The fourth-order valence-corrected chi connectivity index (χ4v) is 1.14. The van der Waals surface area contributed by atoms with E-state index >= 15 is 0 Å².